The van der Waals surface area contributed by atoms with Crippen LogP contribution in [0.4, 0.5) is 11.6 Å². The summed E-state index contributed by atoms with van der Waals surface area (Å²) in [5, 5.41) is 70.3. The lowest BCUT2D eigenvalue weighted by atomic mass is 10.0. The first-order valence-electron chi connectivity index (χ1n) is 25.4. The van der Waals surface area contributed by atoms with E-state index in [0.29, 0.717) is 11.1 Å². The van der Waals surface area contributed by atoms with E-state index in [9.17, 15) is 73.2 Å². The maximum Gasteiger partial charge on any atom is 0.303 e. The number of nitrogens with one attached hydrogen (secondary N) is 9. The number of aliphatic carboxylic acids is 1. The molecule has 0 spiro atoms. The molecule has 10 amide bonds. The Kier molecular flexibility index (Phi) is 26.4. The van der Waals surface area contributed by atoms with Gasteiger partial charge >= 0.3 is 11.9 Å². The molecule has 0 aliphatic heterocycles. The lowest BCUT2D eigenvalue weighted by Crippen LogP contribution is -2.61. The molecule has 2 aromatic carbocycles. The number of nitrogen functional groups attached to an aromatic ring is 2. The van der Waals surface area contributed by atoms with Gasteiger partial charge in [-0.25, -0.2) is 9.97 Å². The number of anilines is 2. The Bertz CT molecular complexity index is 2880. The second kappa shape index (κ2) is 32.2. The van der Waals surface area contributed by atoms with Crippen molar-refractivity contribution in [1.29, 1.82) is 0 Å². The number of phenols is 2. The molecule has 3 rings (SSSR count). The van der Waals surface area contributed by atoms with E-state index in [4.69, 9.17) is 39.6 Å². The number of phenolic OH excluding ortho intramolecular Hbond substituents is 2. The van der Waals surface area contributed by atoms with E-state index < -0.39 is 157 Å². The van der Waals surface area contributed by atoms with Gasteiger partial charge in [-0.2, -0.15) is 4.99 Å². The van der Waals surface area contributed by atoms with E-state index in [2.05, 4.69) is 57.5 Å². The topological polar surface area (TPSA) is 539 Å². The number of aromatic nitrogens is 2. The van der Waals surface area contributed by atoms with Gasteiger partial charge in [-0.05, 0) is 74.9 Å². The van der Waals surface area contributed by atoms with E-state index >= 15 is 0 Å². The number of rotatable bonds is 29. The maximum absolute atomic E-state index is 14.4. The van der Waals surface area contributed by atoms with Crippen molar-refractivity contribution in [2.75, 3.05) is 24.6 Å². The van der Waals surface area contributed by atoms with Crippen LogP contribution in [-0.2, 0) is 60.8 Å². The highest BCUT2D eigenvalue weighted by Gasteiger charge is 2.35. The van der Waals surface area contributed by atoms with Gasteiger partial charge in [0.25, 0.3) is 0 Å². The Hall–Kier alpha value is -9.27. The summed E-state index contributed by atoms with van der Waals surface area (Å²) in [6.45, 7) is 5.29. The number of carbonyl (C=O) groups excluding carboxylic acids is 10. The number of hydrogen-bond donors (Lipinski definition) is 18. The predicted molar refractivity (Wildman–Crippen MR) is 295 cm³/mol. The lowest BCUT2D eigenvalue weighted by Gasteiger charge is -2.28. The summed E-state index contributed by atoms with van der Waals surface area (Å²) in [4.78, 5) is 155. The van der Waals surface area contributed by atoms with Crippen molar-refractivity contribution in [1.82, 2.24) is 57.8 Å². The molecule has 452 valence electrons. The highest BCUT2D eigenvalue weighted by molar-refractivity contribution is 6.31. The van der Waals surface area contributed by atoms with Crippen molar-refractivity contribution in [3.63, 3.8) is 0 Å². The molecule has 0 radical (unpaired) electrons. The number of nitrogens with two attached hydrogens (primary N) is 4. The molecule has 9 atom stereocenters. The number of hydrogen-bond acceptors (Lipinski definition) is 20. The third kappa shape index (κ3) is 22.7. The largest absolute Gasteiger partial charge is 0.508 e. The van der Waals surface area contributed by atoms with Crippen molar-refractivity contribution in [2.45, 2.75) is 121 Å². The van der Waals surface area contributed by atoms with E-state index in [1.165, 1.54) is 62.4 Å². The fourth-order valence-corrected chi connectivity index (χ4v) is 7.41. The molecule has 33 heteroatoms. The molecule has 0 fully saturated rings. The summed E-state index contributed by atoms with van der Waals surface area (Å²) in [5.74, 6) is -13.3. The molecule has 0 aliphatic carbocycles. The van der Waals surface area contributed by atoms with E-state index in [1.807, 2.05) is 5.32 Å². The number of benzene rings is 2. The van der Waals surface area contributed by atoms with Gasteiger partial charge in [0.1, 0.15) is 53.8 Å². The summed E-state index contributed by atoms with van der Waals surface area (Å²) < 4.78 is 0. The van der Waals surface area contributed by atoms with Gasteiger partial charge < -0.3 is 91.0 Å². The SMILES string of the molecule is CC(C)C[C@H](NC(=O)[C@H](CO)NC(=O)[C@@H](N)CCC(=O)O)C(=O)N[C@@H](C)C(=O)N[C@@H](Cc1ccc(O)cc1)C(=O)N[C@@H](Cc1ccc(O)cc1)C(=O)N[C@H](C(=O)N[C@@H](C)C(=O)NCC(=O)NC(N)=NC(=O)c1nc(Cl)c(N)nc1N)[C@@H](C)O. The highest BCUT2D eigenvalue weighted by Crippen LogP contribution is 2.19. The minimum atomic E-state index is -1.81. The van der Waals surface area contributed by atoms with Crippen LogP contribution in [0, 0.1) is 5.92 Å². The first-order valence-corrected chi connectivity index (χ1v) is 25.8. The Morgan fingerprint density at radius 1 is 0.614 bits per heavy atom. The van der Waals surface area contributed by atoms with Crippen LogP contribution < -0.4 is 70.8 Å². The molecule has 3 aromatic rings. The molecule has 1 heterocycles. The second-order valence-electron chi connectivity index (χ2n) is 19.2. The number of carbonyl (C=O) groups is 11. The van der Waals surface area contributed by atoms with Crippen molar-refractivity contribution in [3.05, 3.63) is 70.5 Å². The Morgan fingerprint density at radius 2 is 1.08 bits per heavy atom. The maximum atomic E-state index is 14.4. The Balaban J connectivity index is 1.80. The molecule has 0 aliphatic rings. The fraction of sp³-hybridized carbons (Fsp3) is 0.440. The highest BCUT2D eigenvalue weighted by atomic mass is 35.5. The van der Waals surface area contributed by atoms with Crippen LogP contribution in [0.3, 0.4) is 0 Å². The smallest absolute Gasteiger partial charge is 0.303 e. The second-order valence-corrected chi connectivity index (χ2v) is 19.6. The zero-order chi connectivity index (χ0) is 62.4. The molecular weight excluding hydrogens is 1120 g/mol. The van der Waals surface area contributed by atoms with Crippen molar-refractivity contribution >= 4 is 94.2 Å². The summed E-state index contributed by atoms with van der Waals surface area (Å²) in [7, 11) is 0. The molecule has 22 N–H and O–H groups in total. The normalized spacial score (nSPS) is 14.5. The minimum Gasteiger partial charge on any atom is -0.508 e. The van der Waals surface area contributed by atoms with Crippen molar-refractivity contribution < 1.29 is 78.3 Å². The minimum absolute atomic E-state index is 0.0172. The van der Waals surface area contributed by atoms with E-state index in [0.717, 1.165) is 6.92 Å². The van der Waals surface area contributed by atoms with Crippen molar-refractivity contribution in [2.24, 2.45) is 22.4 Å². The fourth-order valence-electron chi connectivity index (χ4n) is 7.29. The van der Waals surface area contributed by atoms with Crippen LogP contribution in [0.1, 0.15) is 75.5 Å². The number of guanidine groups is 1. The number of aliphatic hydroxyl groups is 2. The first-order chi connectivity index (χ1) is 38.9. The quantitative estimate of drug-likeness (QED) is 0.0228. The van der Waals surface area contributed by atoms with Crippen molar-refractivity contribution in [3.8, 4) is 11.5 Å². The monoisotopic (exact) mass is 1180 g/mol. The molecule has 0 bridgehead atoms. The average molecular weight is 1190 g/mol. The van der Waals surface area contributed by atoms with Crippen LogP contribution in [0.15, 0.2) is 53.5 Å². The number of amides is 10. The van der Waals surface area contributed by atoms with Gasteiger partial charge in [-0.15, -0.1) is 0 Å². The van der Waals surface area contributed by atoms with Gasteiger partial charge in [0.2, 0.25) is 59.1 Å². The number of aromatic hydroxyl groups is 2. The summed E-state index contributed by atoms with van der Waals surface area (Å²) in [6.07, 6.45) is -3.04. The molecule has 1 aromatic heterocycles. The van der Waals surface area contributed by atoms with Gasteiger partial charge in [-0.1, -0.05) is 49.7 Å². The molecule has 0 saturated heterocycles. The van der Waals surface area contributed by atoms with Crippen LogP contribution in [0.2, 0.25) is 5.15 Å². The summed E-state index contributed by atoms with van der Waals surface area (Å²) in [6, 6.07) is -1.32. The third-order valence-corrected chi connectivity index (χ3v) is 12.0. The number of nitrogens with zero attached hydrogens (tertiary/aromatic N) is 3. The Labute approximate surface area is 479 Å². The number of aliphatic hydroxyl groups excluding tert-OH is 2. The summed E-state index contributed by atoms with van der Waals surface area (Å²) in [5.41, 5.74) is 22.7. The van der Waals surface area contributed by atoms with Crippen LogP contribution in [-0.4, -0.2) is 174 Å². The molecular formula is C50H69ClN16O16. The molecule has 32 nitrogen and oxygen atoms in total. The van der Waals surface area contributed by atoms with Gasteiger partial charge in [0.15, 0.2) is 22.5 Å². The van der Waals surface area contributed by atoms with Gasteiger partial charge in [-0.3, -0.25) is 58.1 Å². The standard InChI is InChI=1S/C50H69ClN16O16/c1-21(2)16-30(60-47(81)33(20-68)62-43(77)29(52)14-15-35(73)74)44(78)57-23(4)42(76)59-31(17-25-6-10-27(70)11-7-25)45(79)61-32(18-26-8-12-28(71)13-9-26)46(80)65-36(24(5)69)48(82)58-22(3)41(75)56-19-34(72)63-50(55)67-49(83)37-39(53)66-40(54)38(51)64-37/h6-13,21-24,29-33,36,68-71H,14-20,52H2,1-5H3,(H,56,75)(H,57,78)(H,58,82)(H,59,76)(H,60,81)(H,61,79)(H,62,77)(H,65,80)(H,73,74)(H4,53,54,66)(H3,55,63,67,72,83)/t22-,23-,24+,29-,30-,31-,32-,33-,36-/m0/s1. The Morgan fingerprint density at radius 3 is 1.60 bits per heavy atom. The van der Waals surface area contributed by atoms with Crippen LogP contribution in [0.25, 0.3) is 0 Å². The van der Waals surface area contributed by atoms with Crippen LogP contribution in [0.5, 0.6) is 11.5 Å². The predicted octanol–water partition coefficient (Wildman–Crippen LogP) is -5.08. The van der Waals surface area contributed by atoms with E-state index in [-0.39, 0.29) is 54.1 Å². The zero-order valence-corrected chi connectivity index (χ0v) is 46.4. The first kappa shape index (κ1) is 68.0. The lowest BCUT2D eigenvalue weighted by molar-refractivity contribution is -0.137. The number of aliphatic imine (C=N–C) groups is 1. The average Bonchev–Trinajstić information content (AvgIpc) is 3.41. The third-order valence-electron chi connectivity index (χ3n) is 11.8. The van der Waals surface area contributed by atoms with Gasteiger partial charge in [0, 0.05) is 19.3 Å². The number of carboxylic acid groups (broad SMARTS) is 1. The molecule has 83 heavy (non-hydrogen) atoms. The van der Waals surface area contributed by atoms with Crippen LogP contribution >= 0.6 is 11.6 Å². The van der Waals surface area contributed by atoms with Gasteiger partial charge in [0.05, 0.1) is 25.3 Å². The summed E-state index contributed by atoms with van der Waals surface area (Å²) >= 11 is 5.78. The molecule has 0 saturated carbocycles. The zero-order valence-electron chi connectivity index (χ0n) is 45.6. The number of halogens is 1. The number of carboxylic acids is 1. The molecule has 0 unspecified atom stereocenters. The van der Waals surface area contributed by atoms with E-state index in [1.54, 1.807) is 13.8 Å².